The Kier molecular flexibility index (Phi) is 6.26. The van der Waals surface area contributed by atoms with Gasteiger partial charge in [0.25, 0.3) is 5.91 Å². The summed E-state index contributed by atoms with van der Waals surface area (Å²) in [6.45, 7) is 1.33. The van der Waals surface area contributed by atoms with Crippen LogP contribution in [0.5, 0.6) is 5.75 Å². The van der Waals surface area contributed by atoms with Gasteiger partial charge in [0.2, 0.25) is 0 Å². The van der Waals surface area contributed by atoms with E-state index in [0.717, 1.165) is 30.0 Å². The second-order valence-electron chi connectivity index (χ2n) is 6.10. The van der Waals surface area contributed by atoms with Gasteiger partial charge in [0.05, 0.1) is 17.7 Å². The lowest BCUT2D eigenvalue weighted by Crippen LogP contribution is -2.26. The minimum atomic E-state index is -0.450. The molecule has 27 heavy (non-hydrogen) atoms. The first-order valence-corrected chi connectivity index (χ1v) is 9.75. The van der Waals surface area contributed by atoms with Gasteiger partial charge in [0.1, 0.15) is 10.8 Å². The Balaban J connectivity index is 1.74. The van der Waals surface area contributed by atoms with Crippen molar-refractivity contribution >= 4 is 51.4 Å². The molecule has 2 aromatic rings. The summed E-state index contributed by atoms with van der Waals surface area (Å²) >= 11 is 13.3. The van der Waals surface area contributed by atoms with Crippen LogP contribution >= 0.6 is 34.5 Å². The quantitative estimate of drug-likeness (QED) is 0.732. The molecule has 0 saturated heterocycles. The van der Waals surface area contributed by atoms with Gasteiger partial charge in [-0.2, -0.15) is 0 Å². The van der Waals surface area contributed by atoms with Crippen molar-refractivity contribution in [2.45, 2.75) is 13.0 Å². The normalized spacial score (nSPS) is 13.8. The Labute approximate surface area is 171 Å². The number of amides is 1. The van der Waals surface area contributed by atoms with Crippen molar-refractivity contribution in [1.29, 1.82) is 0 Å². The fraction of sp³-hybridized carbons (Fsp3) is 0.333. The molecule has 144 valence electrons. The van der Waals surface area contributed by atoms with Crippen LogP contribution in [0.1, 0.15) is 20.8 Å². The van der Waals surface area contributed by atoms with E-state index >= 15 is 0 Å². The van der Waals surface area contributed by atoms with Crippen LogP contribution in [0.25, 0.3) is 0 Å². The molecule has 1 amide bonds. The van der Waals surface area contributed by atoms with Crippen LogP contribution in [-0.2, 0) is 22.5 Å². The van der Waals surface area contributed by atoms with Gasteiger partial charge in [-0.25, -0.2) is 4.79 Å². The topological polar surface area (TPSA) is 67.9 Å². The smallest absolute Gasteiger partial charge is 0.341 e. The van der Waals surface area contributed by atoms with Crippen LogP contribution in [0.3, 0.4) is 0 Å². The van der Waals surface area contributed by atoms with Gasteiger partial charge in [-0.05, 0) is 37.2 Å². The molecule has 9 heteroatoms. The zero-order valence-corrected chi connectivity index (χ0v) is 17.1. The Bertz CT molecular complexity index is 884. The number of methoxy groups -OCH3 is 1. The number of rotatable bonds is 5. The molecule has 3 rings (SSSR count). The van der Waals surface area contributed by atoms with Gasteiger partial charge in [-0.15, -0.1) is 11.3 Å². The fourth-order valence-corrected chi connectivity index (χ4v) is 4.63. The maximum atomic E-state index is 12.3. The first-order chi connectivity index (χ1) is 12.9. The van der Waals surface area contributed by atoms with E-state index in [-0.39, 0.29) is 6.61 Å². The minimum Gasteiger partial charge on any atom is -0.482 e. The average Bonchev–Trinajstić information content (AvgIpc) is 2.97. The number of hydrogen-bond acceptors (Lipinski definition) is 6. The molecule has 1 aromatic heterocycles. The monoisotopic (exact) mass is 428 g/mol. The summed E-state index contributed by atoms with van der Waals surface area (Å²) in [6.07, 6.45) is 0.736. The number of halogens is 2. The van der Waals surface area contributed by atoms with Gasteiger partial charge in [0.15, 0.2) is 6.61 Å². The Morgan fingerprint density at radius 1 is 1.33 bits per heavy atom. The number of hydrogen-bond donors (Lipinski definition) is 1. The molecule has 1 aliphatic rings. The van der Waals surface area contributed by atoms with Crippen molar-refractivity contribution in [1.82, 2.24) is 4.90 Å². The molecular weight excluding hydrogens is 411 g/mol. The molecule has 0 bridgehead atoms. The second-order valence-corrected chi connectivity index (χ2v) is 8.05. The van der Waals surface area contributed by atoms with Gasteiger partial charge >= 0.3 is 5.97 Å². The lowest BCUT2D eigenvalue weighted by atomic mass is 10.0. The molecule has 0 aliphatic carbocycles. The number of benzene rings is 1. The summed E-state index contributed by atoms with van der Waals surface area (Å²) in [7, 11) is 3.35. The van der Waals surface area contributed by atoms with Crippen molar-refractivity contribution in [2.75, 3.05) is 32.6 Å². The summed E-state index contributed by atoms with van der Waals surface area (Å²) < 4.78 is 10.4. The highest BCUT2D eigenvalue weighted by atomic mass is 35.5. The highest BCUT2D eigenvalue weighted by Crippen LogP contribution is 2.37. The van der Waals surface area contributed by atoms with Gasteiger partial charge in [-0.1, -0.05) is 23.2 Å². The zero-order valence-electron chi connectivity index (χ0n) is 14.8. The van der Waals surface area contributed by atoms with Gasteiger partial charge < -0.3 is 19.7 Å². The van der Waals surface area contributed by atoms with Crippen molar-refractivity contribution in [3.8, 4) is 5.75 Å². The van der Waals surface area contributed by atoms with Crippen LogP contribution in [0, 0.1) is 0 Å². The summed E-state index contributed by atoms with van der Waals surface area (Å²) in [4.78, 5) is 27.8. The molecule has 0 radical (unpaired) electrons. The number of nitrogens with zero attached hydrogens (tertiary/aromatic N) is 1. The number of fused-ring (bicyclic) bond motifs is 1. The molecule has 0 atom stereocenters. The standard InChI is InChI=1S/C18H18Cl2N2O4S/c1-22-6-5-11-14(8-22)27-17(16(11)18(24)25-2)21-15(23)9-26-13-4-3-10(19)7-12(13)20/h3-4,7H,5-6,8-9H2,1-2H3,(H,21,23). The molecule has 1 N–H and O–H groups in total. The summed E-state index contributed by atoms with van der Waals surface area (Å²) in [5.41, 5.74) is 1.38. The van der Waals surface area contributed by atoms with Crippen molar-refractivity contribution < 1.29 is 19.1 Å². The van der Waals surface area contributed by atoms with Crippen LogP contribution in [0.15, 0.2) is 18.2 Å². The van der Waals surface area contributed by atoms with Crippen LogP contribution in [0.2, 0.25) is 10.0 Å². The number of likely N-dealkylation sites (N-methyl/N-ethyl adjacent to an activating group) is 1. The van der Waals surface area contributed by atoms with E-state index in [4.69, 9.17) is 32.7 Å². The van der Waals surface area contributed by atoms with Gasteiger partial charge in [0, 0.05) is 23.0 Å². The molecule has 0 spiro atoms. The lowest BCUT2D eigenvalue weighted by molar-refractivity contribution is -0.118. The van der Waals surface area contributed by atoms with E-state index in [1.165, 1.54) is 24.5 Å². The van der Waals surface area contributed by atoms with E-state index in [9.17, 15) is 9.59 Å². The predicted octanol–water partition coefficient (Wildman–Crippen LogP) is 3.85. The molecule has 0 fully saturated rings. The molecule has 1 aliphatic heterocycles. The maximum Gasteiger partial charge on any atom is 0.341 e. The SMILES string of the molecule is COC(=O)c1c(NC(=O)COc2ccc(Cl)cc2Cl)sc2c1CCN(C)C2. The van der Waals surface area contributed by atoms with E-state index < -0.39 is 11.9 Å². The molecule has 2 heterocycles. The highest BCUT2D eigenvalue weighted by Gasteiger charge is 2.28. The van der Waals surface area contributed by atoms with E-state index in [1.54, 1.807) is 12.1 Å². The van der Waals surface area contributed by atoms with E-state index in [2.05, 4.69) is 10.2 Å². The molecule has 0 saturated carbocycles. The zero-order chi connectivity index (χ0) is 19.6. The third-order valence-electron chi connectivity index (χ3n) is 4.14. The third kappa shape index (κ3) is 4.55. The summed E-state index contributed by atoms with van der Waals surface area (Å²) in [6, 6.07) is 4.76. The molecule has 1 aromatic carbocycles. The number of esters is 1. The van der Waals surface area contributed by atoms with Crippen LogP contribution < -0.4 is 10.1 Å². The first-order valence-electron chi connectivity index (χ1n) is 8.18. The number of ether oxygens (including phenoxy) is 2. The third-order valence-corrected chi connectivity index (χ3v) is 5.81. The average molecular weight is 429 g/mol. The van der Waals surface area contributed by atoms with Crippen molar-refractivity contribution in [2.24, 2.45) is 0 Å². The lowest BCUT2D eigenvalue weighted by Gasteiger charge is -2.22. The molecule has 6 nitrogen and oxygen atoms in total. The van der Waals surface area contributed by atoms with E-state index in [1.807, 2.05) is 7.05 Å². The summed E-state index contributed by atoms with van der Waals surface area (Å²) in [5.74, 6) is -0.483. The van der Waals surface area contributed by atoms with E-state index in [0.29, 0.717) is 26.4 Å². The fourth-order valence-electron chi connectivity index (χ4n) is 2.84. The number of carbonyl (C=O) groups excluding carboxylic acids is 2. The first kappa shape index (κ1) is 19.9. The second kappa shape index (κ2) is 8.48. The van der Waals surface area contributed by atoms with Crippen LogP contribution in [0.4, 0.5) is 5.00 Å². The Morgan fingerprint density at radius 3 is 2.81 bits per heavy atom. The minimum absolute atomic E-state index is 0.246. The maximum absolute atomic E-state index is 12.3. The highest BCUT2D eigenvalue weighted by molar-refractivity contribution is 7.17. The number of carbonyl (C=O) groups is 2. The Morgan fingerprint density at radius 2 is 2.11 bits per heavy atom. The summed E-state index contributed by atoms with van der Waals surface area (Å²) in [5, 5.41) is 4.05. The molecule has 0 unspecified atom stereocenters. The number of thiophene rings is 1. The van der Waals surface area contributed by atoms with Crippen molar-refractivity contribution in [3.05, 3.63) is 44.2 Å². The van der Waals surface area contributed by atoms with Crippen LogP contribution in [-0.4, -0.2) is 44.1 Å². The number of anilines is 1. The molecular formula is C18H18Cl2N2O4S. The Hall–Kier alpha value is -1.80. The largest absolute Gasteiger partial charge is 0.482 e. The predicted molar refractivity (Wildman–Crippen MR) is 106 cm³/mol. The number of nitrogens with one attached hydrogen (secondary N) is 1. The van der Waals surface area contributed by atoms with Crippen molar-refractivity contribution in [3.63, 3.8) is 0 Å². The van der Waals surface area contributed by atoms with Gasteiger partial charge in [-0.3, -0.25) is 4.79 Å².